The summed E-state index contributed by atoms with van der Waals surface area (Å²) in [6.07, 6.45) is 8.84. The molecule has 108 valence electrons. The molecule has 1 fully saturated rings. The molecule has 4 nitrogen and oxygen atoms in total. The minimum Gasteiger partial charge on any atom is -0.341 e. The zero-order valence-electron chi connectivity index (χ0n) is 12.3. The summed E-state index contributed by atoms with van der Waals surface area (Å²) in [6.45, 7) is 1.79. The van der Waals surface area contributed by atoms with E-state index in [1.807, 2.05) is 19.6 Å². The molecule has 0 aliphatic heterocycles. The molecule has 0 spiro atoms. The van der Waals surface area contributed by atoms with Gasteiger partial charge < -0.3 is 14.5 Å². The van der Waals surface area contributed by atoms with Gasteiger partial charge in [0.1, 0.15) is 0 Å². The van der Waals surface area contributed by atoms with E-state index in [1.54, 1.807) is 0 Å². The fraction of sp³-hybridized carbons (Fsp3) is 0.353. The summed E-state index contributed by atoms with van der Waals surface area (Å²) in [5.74, 6) is 0. The van der Waals surface area contributed by atoms with E-state index in [0.717, 1.165) is 13.1 Å². The number of benzene rings is 1. The summed E-state index contributed by atoms with van der Waals surface area (Å²) >= 11 is 0. The van der Waals surface area contributed by atoms with Crippen molar-refractivity contribution in [1.29, 1.82) is 0 Å². The summed E-state index contributed by atoms with van der Waals surface area (Å²) in [5, 5.41) is 4.59. The number of rotatable bonds is 5. The van der Waals surface area contributed by atoms with Gasteiger partial charge in [-0.2, -0.15) is 0 Å². The van der Waals surface area contributed by atoms with Gasteiger partial charge in [-0.15, -0.1) is 0 Å². The Morgan fingerprint density at radius 3 is 2.95 bits per heavy atom. The van der Waals surface area contributed by atoms with E-state index in [0.29, 0.717) is 6.04 Å². The smallest absolute Gasteiger partial charge is 0.0951 e. The van der Waals surface area contributed by atoms with E-state index < -0.39 is 0 Å². The summed E-state index contributed by atoms with van der Waals surface area (Å²) in [5.41, 5.74) is 3.95. The molecule has 0 saturated heterocycles. The lowest BCUT2D eigenvalue weighted by atomic mass is 10.2. The lowest BCUT2D eigenvalue weighted by Gasteiger charge is -2.08. The van der Waals surface area contributed by atoms with Crippen molar-refractivity contribution in [2.75, 3.05) is 7.05 Å². The summed E-state index contributed by atoms with van der Waals surface area (Å²) in [7, 11) is 1.99. The van der Waals surface area contributed by atoms with E-state index in [4.69, 9.17) is 0 Å². The van der Waals surface area contributed by atoms with Crippen LogP contribution in [0.2, 0.25) is 0 Å². The Bertz CT molecular complexity index is 764. The molecule has 2 heterocycles. The van der Waals surface area contributed by atoms with Gasteiger partial charge in [0.25, 0.3) is 0 Å². The van der Waals surface area contributed by atoms with Crippen LogP contribution in [0.5, 0.6) is 0 Å². The molecule has 0 bridgehead atoms. The van der Waals surface area contributed by atoms with Crippen LogP contribution in [-0.2, 0) is 13.1 Å². The SMILES string of the molecule is CNCc1cn(Cc2cncn2C2CC2)c2ccccc12. The first-order valence-electron chi connectivity index (χ1n) is 7.59. The molecular weight excluding hydrogens is 260 g/mol. The van der Waals surface area contributed by atoms with Crippen LogP contribution in [0.3, 0.4) is 0 Å². The van der Waals surface area contributed by atoms with Crippen LogP contribution in [0.25, 0.3) is 10.9 Å². The van der Waals surface area contributed by atoms with E-state index >= 15 is 0 Å². The Balaban J connectivity index is 1.74. The average molecular weight is 280 g/mol. The van der Waals surface area contributed by atoms with E-state index in [2.05, 4.69) is 49.9 Å². The van der Waals surface area contributed by atoms with Gasteiger partial charge in [0.15, 0.2) is 0 Å². The molecule has 0 unspecified atom stereocenters. The lowest BCUT2D eigenvalue weighted by molar-refractivity contribution is 0.663. The number of fused-ring (bicyclic) bond motifs is 1. The standard InChI is InChI=1S/C17H20N4/c1-18-8-13-10-20(17-5-3-2-4-16(13)17)11-15-9-19-12-21(15)14-6-7-14/h2-5,9-10,12,14,18H,6-8,11H2,1H3. The Kier molecular flexibility index (Phi) is 3.04. The van der Waals surface area contributed by atoms with Crippen molar-refractivity contribution in [3.05, 3.63) is 54.2 Å². The molecule has 0 radical (unpaired) electrons. The Hall–Kier alpha value is -2.07. The predicted molar refractivity (Wildman–Crippen MR) is 84.3 cm³/mol. The molecule has 4 rings (SSSR count). The molecule has 0 amide bonds. The molecule has 21 heavy (non-hydrogen) atoms. The number of hydrogen-bond donors (Lipinski definition) is 1. The molecule has 1 aromatic carbocycles. The van der Waals surface area contributed by atoms with Crippen molar-refractivity contribution in [2.45, 2.75) is 32.0 Å². The molecule has 1 aliphatic rings. The first-order chi connectivity index (χ1) is 10.4. The Morgan fingerprint density at radius 1 is 1.29 bits per heavy atom. The maximum atomic E-state index is 4.34. The highest BCUT2D eigenvalue weighted by atomic mass is 15.1. The minimum atomic E-state index is 0.682. The highest BCUT2D eigenvalue weighted by Crippen LogP contribution is 2.36. The number of imidazole rings is 1. The third-order valence-electron chi connectivity index (χ3n) is 4.26. The number of nitrogens with zero attached hydrogens (tertiary/aromatic N) is 3. The van der Waals surface area contributed by atoms with E-state index in [-0.39, 0.29) is 0 Å². The van der Waals surface area contributed by atoms with Crippen molar-refractivity contribution >= 4 is 10.9 Å². The third kappa shape index (κ3) is 2.25. The summed E-state index contributed by atoms with van der Waals surface area (Å²) in [4.78, 5) is 4.34. The van der Waals surface area contributed by atoms with Crippen LogP contribution in [0.4, 0.5) is 0 Å². The highest BCUT2D eigenvalue weighted by molar-refractivity contribution is 5.84. The predicted octanol–water partition coefficient (Wildman–Crippen LogP) is 2.94. The Labute approximate surface area is 124 Å². The second kappa shape index (κ2) is 5.04. The van der Waals surface area contributed by atoms with Crippen molar-refractivity contribution in [3.8, 4) is 0 Å². The molecule has 0 atom stereocenters. The maximum absolute atomic E-state index is 4.34. The van der Waals surface area contributed by atoms with Gasteiger partial charge in [0.2, 0.25) is 0 Å². The molecular formula is C17H20N4. The highest BCUT2D eigenvalue weighted by Gasteiger charge is 2.25. The fourth-order valence-corrected chi connectivity index (χ4v) is 3.10. The summed E-state index contributed by atoms with van der Waals surface area (Å²) < 4.78 is 4.68. The minimum absolute atomic E-state index is 0.682. The molecule has 2 aromatic heterocycles. The maximum Gasteiger partial charge on any atom is 0.0951 e. The van der Waals surface area contributed by atoms with Crippen LogP contribution in [0.1, 0.15) is 30.1 Å². The van der Waals surface area contributed by atoms with Crippen LogP contribution >= 0.6 is 0 Å². The van der Waals surface area contributed by atoms with Gasteiger partial charge in [-0.1, -0.05) is 18.2 Å². The van der Waals surface area contributed by atoms with Gasteiger partial charge in [-0.3, -0.25) is 0 Å². The number of nitrogens with one attached hydrogen (secondary N) is 1. The van der Waals surface area contributed by atoms with Crippen LogP contribution in [0.15, 0.2) is 43.0 Å². The van der Waals surface area contributed by atoms with Crippen LogP contribution in [0, 0.1) is 0 Å². The molecule has 3 aromatic rings. The van der Waals surface area contributed by atoms with Gasteiger partial charge in [-0.05, 0) is 31.5 Å². The molecule has 1 saturated carbocycles. The van der Waals surface area contributed by atoms with Crippen molar-refractivity contribution in [1.82, 2.24) is 19.4 Å². The quantitative estimate of drug-likeness (QED) is 0.780. The van der Waals surface area contributed by atoms with E-state index in [1.165, 1.54) is 35.0 Å². The van der Waals surface area contributed by atoms with Crippen molar-refractivity contribution in [2.24, 2.45) is 0 Å². The fourth-order valence-electron chi connectivity index (χ4n) is 3.10. The normalized spacial score (nSPS) is 14.9. The number of hydrogen-bond acceptors (Lipinski definition) is 2. The van der Waals surface area contributed by atoms with Crippen molar-refractivity contribution < 1.29 is 0 Å². The topological polar surface area (TPSA) is 34.8 Å². The largest absolute Gasteiger partial charge is 0.341 e. The van der Waals surface area contributed by atoms with Gasteiger partial charge >= 0.3 is 0 Å². The van der Waals surface area contributed by atoms with Crippen LogP contribution < -0.4 is 5.32 Å². The van der Waals surface area contributed by atoms with E-state index in [9.17, 15) is 0 Å². The molecule has 1 aliphatic carbocycles. The Morgan fingerprint density at radius 2 is 2.14 bits per heavy atom. The first kappa shape index (κ1) is 12.7. The van der Waals surface area contributed by atoms with Crippen LogP contribution in [-0.4, -0.2) is 21.2 Å². The summed E-state index contributed by atoms with van der Waals surface area (Å²) in [6, 6.07) is 9.31. The van der Waals surface area contributed by atoms with Gasteiger partial charge in [-0.25, -0.2) is 4.98 Å². The second-order valence-electron chi connectivity index (χ2n) is 5.85. The number of para-hydroxylation sites is 1. The lowest BCUT2D eigenvalue weighted by Crippen LogP contribution is -2.06. The zero-order chi connectivity index (χ0) is 14.2. The van der Waals surface area contributed by atoms with Gasteiger partial charge in [0, 0.05) is 35.9 Å². The molecule has 1 N–H and O–H groups in total. The first-order valence-corrected chi connectivity index (χ1v) is 7.59. The molecule has 4 heteroatoms. The second-order valence-corrected chi connectivity index (χ2v) is 5.85. The van der Waals surface area contributed by atoms with Crippen molar-refractivity contribution in [3.63, 3.8) is 0 Å². The monoisotopic (exact) mass is 280 g/mol. The average Bonchev–Trinajstić information content (AvgIpc) is 3.16. The third-order valence-corrected chi connectivity index (χ3v) is 4.26. The zero-order valence-corrected chi connectivity index (χ0v) is 12.3. The number of aromatic nitrogens is 3. The van der Waals surface area contributed by atoms with Gasteiger partial charge in [0.05, 0.1) is 18.6 Å².